The van der Waals surface area contributed by atoms with Gasteiger partial charge in [0, 0.05) is 18.4 Å². The maximum atomic E-state index is 12.0. The Morgan fingerprint density at radius 2 is 1.89 bits per heavy atom. The second-order valence-electron chi connectivity index (χ2n) is 10.1. The standard InChI is InChI=1S/C30H37NO5/c1-4-27-26(31-28(36-27)24-15-13-21(2)14-16-24)20-34-25-12-8-11-23(17-25)19-35-30(3,29(32)33)18-22-9-6-5-7-10-22/h5-7,9-10,13-16,23,25H,4,8,11-12,17-20H2,1-3H3,(H,32,33)/t23-,25+,30?/m1/s1. The second-order valence-corrected chi connectivity index (χ2v) is 10.1. The molecule has 2 aromatic carbocycles. The third-order valence-corrected chi connectivity index (χ3v) is 7.06. The molecule has 0 bridgehead atoms. The molecule has 1 aliphatic carbocycles. The second kappa shape index (κ2) is 11.8. The van der Waals surface area contributed by atoms with Gasteiger partial charge in [-0.15, -0.1) is 0 Å². The molecule has 1 saturated carbocycles. The molecular formula is C30H37NO5. The average molecular weight is 492 g/mol. The highest BCUT2D eigenvalue weighted by molar-refractivity contribution is 5.77. The van der Waals surface area contributed by atoms with Crippen molar-refractivity contribution in [3.63, 3.8) is 0 Å². The number of aromatic nitrogens is 1. The molecule has 0 amide bonds. The molecule has 6 heteroatoms. The van der Waals surface area contributed by atoms with Crippen LogP contribution in [0.3, 0.4) is 0 Å². The van der Waals surface area contributed by atoms with Gasteiger partial charge in [-0.2, -0.15) is 0 Å². The lowest BCUT2D eigenvalue weighted by Crippen LogP contribution is -2.42. The van der Waals surface area contributed by atoms with E-state index in [0.717, 1.165) is 54.7 Å². The Labute approximate surface area is 213 Å². The lowest BCUT2D eigenvalue weighted by atomic mass is 9.87. The van der Waals surface area contributed by atoms with Crippen molar-refractivity contribution in [1.82, 2.24) is 4.98 Å². The molecule has 36 heavy (non-hydrogen) atoms. The van der Waals surface area contributed by atoms with E-state index < -0.39 is 11.6 Å². The molecule has 6 nitrogen and oxygen atoms in total. The van der Waals surface area contributed by atoms with Crippen molar-refractivity contribution >= 4 is 5.97 Å². The summed E-state index contributed by atoms with van der Waals surface area (Å²) >= 11 is 0. The first-order valence-corrected chi connectivity index (χ1v) is 12.9. The smallest absolute Gasteiger partial charge is 0.336 e. The van der Waals surface area contributed by atoms with Crippen molar-refractivity contribution in [2.45, 2.75) is 77.6 Å². The highest BCUT2D eigenvalue weighted by Crippen LogP contribution is 2.30. The minimum absolute atomic E-state index is 0.0989. The molecule has 1 aliphatic rings. The summed E-state index contributed by atoms with van der Waals surface area (Å²) in [5, 5.41) is 9.87. The van der Waals surface area contributed by atoms with Gasteiger partial charge in [0.05, 0.1) is 19.3 Å². The zero-order chi connectivity index (χ0) is 25.5. The molecule has 1 unspecified atom stereocenters. The largest absolute Gasteiger partial charge is 0.479 e. The quantitative estimate of drug-likeness (QED) is 0.335. The number of hydrogen-bond acceptors (Lipinski definition) is 5. The summed E-state index contributed by atoms with van der Waals surface area (Å²) in [6.45, 7) is 6.62. The molecule has 0 spiro atoms. The predicted molar refractivity (Wildman–Crippen MR) is 139 cm³/mol. The number of rotatable bonds is 11. The van der Waals surface area contributed by atoms with Crippen molar-refractivity contribution in [3.05, 3.63) is 77.2 Å². The summed E-state index contributed by atoms with van der Waals surface area (Å²) in [5.41, 5.74) is 2.72. The number of carboxylic acids is 1. The Morgan fingerprint density at radius 1 is 1.14 bits per heavy atom. The Morgan fingerprint density at radius 3 is 2.58 bits per heavy atom. The molecule has 3 aromatic rings. The summed E-state index contributed by atoms with van der Waals surface area (Å²) in [4.78, 5) is 16.8. The zero-order valence-corrected chi connectivity index (χ0v) is 21.5. The maximum Gasteiger partial charge on any atom is 0.336 e. The van der Waals surface area contributed by atoms with E-state index in [0.29, 0.717) is 25.5 Å². The molecule has 0 saturated heterocycles. The number of aliphatic carboxylic acids is 1. The van der Waals surface area contributed by atoms with Gasteiger partial charge in [0.2, 0.25) is 5.89 Å². The Kier molecular flexibility index (Phi) is 8.60. The van der Waals surface area contributed by atoms with Crippen LogP contribution in [-0.4, -0.2) is 34.4 Å². The van der Waals surface area contributed by atoms with Crippen molar-refractivity contribution in [2.75, 3.05) is 6.61 Å². The van der Waals surface area contributed by atoms with Crippen LogP contribution in [0.2, 0.25) is 0 Å². The molecule has 1 heterocycles. The van der Waals surface area contributed by atoms with Gasteiger partial charge in [-0.05, 0) is 56.7 Å². The van der Waals surface area contributed by atoms with Crippen molar-refractivity contribution in [2.24, 2.45) is 5.92 Å². The molecule has 1 fully saturated rings. The van der Waals surface area contributed by atoms with E-state index in [1.807, 2.05) is 42.5 Å². The van der Waals surface area contributed by atoms with Crippen LogP contribution in [0, 0.1) is 12.8 Å². The predicted octanol–water partition coefficient (Wildman–Crippen LogP) is 6.39. The van der Waals surface area contributed by atoms with Crippen LogP contribution < -0.4 is 0 Å². The Balaban J connectivity index is 1.33. The fourth-order valence-electron chi connectivity index (χ4n) is 4.81. The fourth-order valence-corrected chi connectivity index (χ4v) is 4.81. The minimum atomic E-state index is -1.25. The lowest BCUT2D eigenvalue weighted by molar-refractivity contribution is -0.166. The van der Waals surface area contributed by atoms with Gasteiger partial charge in [0.1, 0.15) is 11.5 Å². The molecule has 192 valence electrons. The van der Waals surface area contributed by atoms with Crippen LogP contribution in [0.4, 0.5) is 0 Å². The highest BCUT2D eigenvalue weighted by atomic mass is 16.5. The number of hydrogen-bond donors (Lipinski definition) is 1. The van der Waals surface area contributed by atoms with Gasteiger partial charge in [-0.3, -0.25) is 0 Å². The number of carbonyl (C=O) groups is 1. The first-order chi connectivity index (χ1) is 17.4. The molecule has 0 aliphatic heterocycles. The normalized spacial score (nSPS) is 19.6. The summed E-state index contributed by atoms with van der Waals surface area (Å²) < 4.78 is 18.4. The Bertz CT molecular complexity index is 1120. The number of ether oxygens (including phenoxy) is 2. The average Bonchev–Trinajstić information content (AvgIpc) is 3.31. The number of benzene rings is 2. The molecule has 0 radical (unpaired) electrons. The van der Waals surface area contributed by atoms with E-state index in [4.69, 9.17) is 18.9 Å². The molecular weight excluding hydrogens is 454 g/mol. The maximum absolute atomic E-state index is 12.0. The van der Waals surface area contributed by atoms with E-state index in [1.165, 1.54) is 5.56 Å². The lowest BCUT2D eigenvalue weighted by Gasteiger charge is -2.32. The van der Waals surface area contributed by atoms with Crippen LogP contribution in [0.15, 0.2) is 59.0 Å². The monoisotopic (exact) mass is 491 g/mol. The Hall–Kier alpha value is -2.96. The SMILES string of the molecule is CCc1oc(-c2ccc(C)cc2)nc1CO[C@H]1CCC[C@@H](COC(C)(Cc2ccccc2)C(=O)O)C1. The van der Waals surface area contributed by atoms with Crippen LogP contribution in [0.5, 0.6) is 0 Å². The zero-order valence-electron chi connectivity index (χ0n) is 21.5. The van der Waals surface area contributed by atoms with Gasteiger partial charge < -0.3 is 19.0 Å². The van der Waals surface area contributed by atoms with Crippen molar-refractivity contribution in [1.29, 1.82) is 0 Å². The van der Waals surface area contributed by atoms with E-state index in [-0.39, 0.29) is 12.0 Å². The number of nitrogens with zero attached hydrogens (tertiary/aromatic N) is 1. The summed E-state index contributed by atoms with van der Waals surface area (Å²) in [7, 11) is 0. The van der Waals surface area contributed by atoms with Gasteiger partial charge in [0.25, 0.3) is 0 Å². The third kappa shape index (κ3) is 6.62. The summed E-state index contributed by atoms with van der Waals surface area (Å²) in [6.07, 6.45) is 5.09. The number of oxazole rings is 1. The van der Waals surface area contributed by atoms with E-state index in [2.05, 4.69) is 26.0 Å². The minimum Gasteiger partial charge on any atom is -0.479 e. The summed E-state index contributed by atoms with van der Waals surface area (Å²) in [6, 6.07) is 17.8. The van der Waals surface area contributed by atoms with Gasteiger partial charge in [0.15, 0.2) is 5.60 Å². The molecule has 4 rings (SSSR count). The van der Waals surface area contributed by atoms with Crippen LogP contribution >= 0.6 is 0 Å². The van der Waals surface area contributed by atoms with Crippen LogP contribution in [-0.2, 0) is 33.7 Å². The third-order valence-electron chi connectivity index (χ3n) is 7.06. The van der Waals surface area contributed by atoms with Gasteiger partial charge >= 0.3 is 5.97 Å². The summed E-state index contributed by atoms with van der Waals surface area (Å²) in [5.74, 6) is 0.827. The van der Waals surface area contributed by atoms with E-state index in [1.54, 1.807) is 6.92 Å². The number of aryl methyl sites for hydroxylation is 2. The van der Waals surface area contributed by atoms with Crippen molar-refractivity contribution < 1.29 is 23.8 Å². The highest BCUT2D eigenvalue weighted by Gasteiger charge is 2.36. The van der Waals surface area contributed by atoms with E-state index >= 15 is 0 Å². The van der Waals surface area contributed by atoms with Gasteiger partial charge in [-0.1, -0.05) is 61.4 Å². The first kappa shape index (κ1) is 26.1. The molecule has 3 atom stereocenters. The molecule has 1 N–H and O–H groups in total. The van der Waals surface area contributed by atoms with Gasteiger partial charge in [-0.25, -0.2) is 9.78 Å². The topological polar surface area (TPSA) is 81.8 Å². The first-order valence-electron chi connectivity index (χ1n) is 12.9. The van der Waals surface area contributed by atoms with Crippen LogP contribution in [0.25, 0.3) is 11.5 Å². The van der Waals surface area contributed by atoms with E-state index in [9.17, 15) is 9.90 Å². The molecule has 1 aromatic heterocycles. The fraction of sp³-hybridized carbons (Fsp3) is 0.467. The number of carboxylic acid groups (broad SMARTS) is 1. The van der Waals surface area contributed by atoms with Crippen LogP contribution in [0.1, 0.15) is 62.1 Å². The van der Waals surface area contributed by atoms with Crippen molar-refractivity contribution in [3.8, 4) is 11.5 Å².